The second kappa shape index (κ2) is 10.2. The standard InChI is InChI=1S/C21H26N2O5/c1-5-28-18-8-6-17(7-9-18)23(15(2)24)11-10-22-21(25)16-12-19(26-3)14-20(13-16)27-4/h6-9,12-14H,5,10-11H2,1-4H3,(H,22,25). The van der Waals surface area contributed by atoms with Crippen molar-refractivity contribution in [2.24, 2.45) is 0 Å². The van der Waals surface area contributed by atoms with E-state index in [2.05, 4.69) is 5.32 Å². The first-order valence-electron chi connectivity index (χ1n) is 9.00. The minimum Gasteiger partial charge on any atom is -0.497 e. The lowest BCUT2D eigenvalue weighted by Gasteiger charge is -2.21. The molecule has 0 atom stereocenters. The molecule has 2 aromatic carbocycles. The van der Waals surface area contributed by atoms with E-state index in [0.717, 1.165) is 11.4 Å². The highest BCUT2D eigenvalue weighted by Crippen LogP contribution is 2.22. The molecule has 0 aliphatic heterocycles. The predicted molar refractivity (Wildman–Crippen MR) is 108 cm³/mol. The van der Waals surface area contributed by atoms with Crippen LogP contribution < -0.4 is 24.4 Å². The number of anilines is 1. The number of ether oxygens (including phenoxy) is 3. The van der Waals surface area contributed by atoms with Crippen molar-refractivity contribution in [2.45, 2.75) is 13.8 Å². The number of hydrogen-bond donors (Lipinski definition) is 1. The Morgan fingerprint density at radius 2 is 1.57 bits per heavy atom. The Morgan fingerprint density at radius 3 is 2.07 bits per heavy atom. The molecule has 2 rings (SSSR count). The fraction of sp³-hybridized carbons (Fsp3) is 0.333. The van der Waals surface area contributed by atoms with Gasteiger partial charge in [0.25, 0.3) is 5.91 Å². The first kappa shape index (κ1) is 21.1. The van der Waals surface area contributed by atoms with Crippen LogP contribution in [0, 0.1) is 0 Å². The molecule has 0 aromatic heterocycles. The number of rotatable bonds is 9. The van der Waals surface area contributed by atoms with Crippen molar-refractivity contribution in [3.63, 3.8) is 0 Å². The molecule has 0 heterocycles. The van der Waals surface area contributed by atoms with Crippen molar-refractivity contribution in [2.75, 3.05) is 38.8 Å². The molecule has 0 fully saturated rings. The van der Waals surface area contributed by atoms with Crippen molar-refractivity contribution in [1.29, 1.82) is 0 Å². The second-order valence-electron chi connectivity index (χ2n) is 5.95. The molecule has 0 unspecified atom stereocenters. The lowest BCUT2D eigenvalue weighted by Crippen LogP contribution is -2.37. The number of carbonyl (C=O) groups excluding carboxylic acids is 2. The SMILES string of the molecule is CCOc1ccc(N(CCNC(=O)c2cc(OC)cc(OC)c2)C(C)=O)cc1. The molecule has 0 saturated heterocycles. The molecule has 7 heteroatoms. The third-order valence-corrected chi connectivity index (χ3v) is 4.07. The Bertz CT molecular complexity index is 783. The van der Waals surface area contributed by atoms with E-state index in [-0.39, 0.29) is 11.8 Å². The monoisotopic (exact) mass is 386 g/mol. The highest BCUT2D eigenvalue weighted by Gasteiger charge is 2.14. The van der Waals surface area contributed by atoms with Gasteiger partial charge in [-0.3, -0.25) is 9.59 Å². The Hall–Kier alpha value is -3.22. The summed E-state index contributed by atoms with van der Waals surface area (Å²) >= 11 is 0. The van der Waals surface area contributed by atoms with Crippen molar-refractivity contribution in [3.8, 4) is 17.2 Å². The minimum absolute atomic E-state index is 0.110. The van der Waals surface area contributed by atoms with E-state index < -0.39 is 0 Å². The highest BCUT2D eigenvalue weighted by molar-refractivity contribution is 5.95. The van der Waals surface area contributed by atoms with E-state index in [1.54, 1.807) is 23.1 Å². The average molecular weight is 386 g/mol. The summed E-state index contributed by atoms with van der Waals surface area (Å²) in [6, 6.07) is 12.2. The van der Waals surface area contributed by atoms with Crippen LogP contribution in [0.25, 0.3) is 0 Å². The average Bonchev–Trinajstić information content (AvgIpc) is 2.71. The van der Waals surface area contributed by atoms with Gasteiger partial charge in [0.1, 0.15) is 17.2 Å². The summed E-state index contributed by atoms with van der Waals surface area (Å²) in [4.78, 5) is 26.1. The summed E-state index contributed by atoms with van der Waals surface area (Å²) < 4.78 is 15.8. The maximum atomic E-state index is 12.4. The Balaban J connectivity index is 2.00. The van der Waals surface area contributed by atoms with Gasteiger partial charge < -0.3 is 24.4 Å². The molecule has 0 bridgehead atoms. The number of nitrogens with one attached hydrogen (secondary N) is 1. The quantitative estimate of drug-likeness (QED) is 0.717. The third kappa shape index (κ3) is 5.64. The minimum atomic E-state index is -0.271. The number of carbonyl (C=O) groups is 2. The number of benzene rings is 2. The third-order valence-electron chi connectivity index (χ3n) is 4.07. The van der Waals surface area contributed by atoms with Crippen LogP contribution in [0.2, 0.25) is 0 Å². The van der Waals surface area contributed by atoms with Gasteiger partial charge in [0, 0.05) is 37.3 Å². The van der Waals surface area contributed by atoms with Gasteiger partial charge in [0.05, 0.1) is 20.8 Å². The van der Waals surface area contributed by atoms with Gasteiger partial charge in [0.2, 0.25) is 5.91 Å². The Labute approximate surface area is 165 Å². The smallest absolute Gasteiger partial charge is 0.251 e. The van der Waals surface area contributed by atoms with Crippen molar-refractivity contribution in [3.05, 3.63) is 48.0 Å². The van der Waals surface area contributed by atoms with Crippen LogP contribution in [-0.2, 0) is 4.79 Å². The van der Waals surface area contributed by atoms with Crippen LogP contribution >= 0.6 is 0 Å². The van der Waals surface area contributed by atoms with Crippen LogP contribution in [0.5, 0.6) is 17.2 Å². The molecule has 2 amide bonds. The van der Waals surface area contributed by atoms with E-state index in [1.807, 2.05) is 31.2 Å². The van der Waals surface area contributed by atoms with E-state index in [4.69, 9.17) is 14.2 Å². The van der Waals surface area contributed by atoms with Crippen LogP contribution in [-0.4, -0.2) is 45.7 Å². The summed E-state index contributed by atoms with van der Waals surface area (Å²) in [5.41, 5.74) is 1.17. The van der Waals surface area contributed by atoms with Gasteiger partial charge in [-0.1, -0.05) is 0 Å². The predicted octanol–water partition coefficient (Wildman–Crippen LogP) is 2.89. The number of methoxy groups -OCH3 is 2. The fourth-order valence-electron chi connectivity index (χ4n) is 2.68. The molecule has 0 radical (unpaired) electrons. The van der Waals surface area contributed by atoms with E-state index in [9.17, 15) is 9.59 Å². The molecule has 150 valence electrons. The molecule has 1 N–H and O–H groups in total. The Morgan fingerprint density at radius 1 is 0.964 bits per heavy atom. The summed E-state index contributed by atoms with van der Waals surface area (Å²) in [6.07, 6.45) is 0. The zero-order valence-electron chi connectivity index (χ0n) is 16.7. The van der Waals surface area contributed by atoms with Crippen molar-refractivity contribution in [1.82, 2.24) is 5.32 Å². The molecule has 0 aliphatic rings. The number of hydrogen-bond acceptors (Lipinski definition) is 5. The fourth-order valence-corrected chi connectivity index (χ4v) is 2.68. The number of amides is 2. The van der Waals surface area contributed by atoms with Crippen LogP contribution in [0.3, 0.4) is 0 Å². The summed E-state index contributed by atoms with van der Waals surface area (Å²) in [5.74, 6) is 1.43. The molecule has 28 heavy (non-hydrogen) atoms. The molecule has 7 nitrogen and oxygen atoms in total. The van der Waals surface area contributed by atoms with E-state index in [1.165, 1.54) is 21.1 Å². The maximum absolute atomic E-state index is 12.4. The maximum Gasteiger partial charge on any atom is 0.251 e. The summed E-state index contributed by atoms with van der Waals surface area (Å²) in [6.45, 7) is 4.62. The summed E-state index contributed by atoms with van der Waals surface area (Å²) in [7, 11) is 3.05. The molecule has 0 aliphatic carbocycles. The van der Waals surface area contributed by atoms with E-state index in [0.29, 0.717) is 36.8 Å². The molecule has 2 aromatic rings. The van der Waals surface area contributed by atoms with Crippen molar-refractivity contribution >= 4 is 17.5 Å². The van der Waals surface area contributed by atoms with Gasteiger partial charge in [-0.05, 0) is 43.3 Å². The van der Waals surface area contributed by atoms with Gasteiger partial charge >= 0.3 is 0 Å². The molecular formula is C21H26N2O5. The van der Waals surface area contributed by atoms with Crippen LogP contribution in [0.4, 0.5) is 5.69 Å². The largest absolute Gasteiger partial charge is 0.497 e. The topological polar surface area (TPSA) is 77.1 Å². The van der Waals surface area contributed by atoms with Crippen molar-refractivity contribution < 1.29 is 23.8 Å². The van der Waals surface area contributed by atoms with Gasteiger partial charge in [-0.15, -0.1) is 0 Å². The molecule has 0 saturated carbocycles. The normalized spacial score (nSPS) is 10.1. The zero-order chi connectivity index (χ0) is 20.5. The lowest BCUT2D eigenvalue weighted by atomic mass is 10.2. The molecule has 0 spiro atoms. The van der Waals surface area contributed by atoms with Gasteiger partial charge in [0.15, 0.2) is 0 Å². The van der Waals surface area contributed by atoms with Crippen LogP contribution in [0.15, 0.2) is 42.5 Å². The summed E-state index contributed by atoms with van der Waals surface area (Å²) in [5, 5.41) is 2.82. The Kier molecular flexibility index (Phi) is 7.68. The van der Waals surface area contributed by atoms with E-state index >= 15 is 0 Å². The highest BCUT2D eigenvalue weighted by atomic mass is 16.5. The molecular weight excluding hydrogens is 360 g/mol. The first-order chi connectivity index (χ1) is 13.5. The lowest BCUT2D eigenvalue weighted by molar-refractivity contribution is -0.116. The number of nitrogens with zero attached hydrogens (tertiary/aromatic N) is 1. The van der Waals surface area contributed by atoms with Gasteiger partial charge in [-0.2, -0.15) is 0 Å². The van der Waals surface area contributed by atoms with Crippen LogP contribution in [0.1, 0.15) is 24.2 Å². The first-order valence-corrected chi connectivity index (χ1v) is 9.00. The second-order valence-corrected chi connectivity index (χ2v) is 5.95. The zero-order valence-corrected chi connectivity index (χ0v) is 16.7. The van der Waals surface area contributed by atoms with Gasteiger partial charge in [-0.25, -0.2) is 0 Å².